The molecule has 0 atom stereocenters. The standard InChI is InChI=1S/C18H22N4O2/c1-22(2)18(24)21-16-8-5-6-14(12-16)13-20-17(23)10-9-15-7-3-4-11-19-15/h3-8,11-12H,9-10,13H2,1-2H3,(H,20,23)(H,21,24). The lowest BCUT2D eigenvalue weighted by atomic mass is 10.2. The fourth-order valence-corrected chi connectivity index (χ4v) is 2.07. The summed E-state index contributed by atoms with van der Waals surface area (Å²) in [5, 5.41) is 5.66. The Bertz CT molecular complexity index is 686. The molecule has 0 aliphatic carbocycles. The molecular weight excluding hydrogens is 304 g/mol. The van der Waals surface area contributed by atoms with Gasteiger partial charge in [0.15, 0.2) is 0 Å². The molecule has 0 unspecified atom stereocenters. The van der Waals surface area contributed by atoms with E-state index in [0.717, 1.165) is 11.3 Å². The Morgan fingerprint density at radius 2 is 1.96 bits per heavy atom. The Kier molecular flexibility index (Phi) is 6.31. The summed E-state index contributed by atoms with van der Waals surface area (Å²) in [4.78, 5) is 29.2. The molecule has 2 N–H and O–H groups in total. The van der Waals surface area contributed by atoms with Gasteiger partial charge in [0.1, 0.15) is 0 Å². The van der Waals surface area contributed by atoms with Crippen LogP contribution in [0.25, 0.3) is 0 Å². The Balaban J connectivity index is 1.81. The maximum Gasteiger partial charge on any atom is 0.321 e. The van der Waals surface area contributed by atoms with Crippen molar-refractivity contribution < 1.29 is 9.59 Å². The lowest BCUT2D eigenvalue weighted by Gasteiger charge is -2.13. The van der Waals surface area contributed by atoms with E-state index in [9.17, 15) is 9.59 Å². The lowest BCUT2D eigenvalue weighted by molar-refractivity contribution is -0.121. The molecule has 0 aliphatic rings. The number of rotatable bonds is 6. The van der Waals surface area contributed by atoms with Gasteiger partial charge in [0.05, 0.1) is 0 Å². The van der Waals surface area contributed by atoms with E-state index >= 15 is 0 Å². The van der Waals surface area contributed by atoms with E-state index in [-0.39, 0.29) is 11.9 Å². The summed E-state index contributed by atoms with van der Waals surface area (Å²) in [6, 6.07) is 12.9. The molecule has 2 rings (SSSR count). The van der Waals surface area contributed by atoms with Gasteiger partial charge in [-0.1, -0.05) is 18.2 Å². The number of nitrogens with zero attached hydrogens (tertiary/aromatic N) is 2. The van der Waals surface area contributed by atoms with E-state index < -0.39 is 0 Å². The van der Waals surface area contributed by atoms with Crippen molar-refractivity contribution in [2.24, 2.45) is 0 Å². The first-order valence-electron chi connectivity index (χ1n) is 7.78. The van der Waals surface area contributed by atoms with Gasteiger partial charge >= 0.3 is 6.03 Å². The maximum atomic E-state index is 11.9. The third kappa shape index (κ3) is 5.72. The zero-order valence-corrected chi connectivity index (χ0v) is 14.0. The second-order valence-electron chi connectivity index (χ2n) is 5.62. The number of aryl methyl sites for hydroxylation is 1. The molecule has 0 radical (unpaired) electrons. The number of pyridine rings is 1. The monoisotopic (exact) mass is 326 g/mol. The topological polar surface area (TPSA) is 74.3 Å². The summed E-state index contributed by atoms with van der Waals surface area (Å²) >= 11 is 0. The van der Waals surface area contributed by atoms with Gasteiger partial charge in [-0.2, -0.15) is 0 Å². The SMILES string of the molecule is CN(C)C(=O)Nc1cccc(CNC(=O)CCc2ccccn2)c1. The van der Waals surface area contributed by atoms with Crippen molar-refractivity contribution in [3.8, 4) is 0 Å². The van der Waals surface area contributed by atoms with Gasteiger partial charge in [-0.15, -0.1) is 0 Å². The van der Waals surface area contributed by atoms with Gasteiger partial charge in [-0.3, -0.25) is 9.78 Å². The van der Waals surface area contributed by atoms with E-state index in [2.05, 4.69) is 15.6 Å². The summed E-state index contributed by atoms with van der Waals surface area (Å²) in [5.41, 5.74) is 2.53. The summed E-state index contributed by atoms with van der Waals surface area (Å²) in [6.07, 6.45) is 2.74. The molecule has 0 fully saturated rings. The van der Waals surface area contributed by atoms with Crippen molar-refractivity contribution in [2.75, 3.05) is 19.4 Å². The summed E-state index contributed by atoms with van der Waals surface area (Å²) < 4.78 is 0. The van der Waals surface area contributed by atoms with E-state index in [4.69, 9.17) is 0 Å². The van der Waals surface area contributed by atoms with E-state index in [1.807, 2.05) is 42.5 Å². The summed E-state index contributed by atoms with van der Waals surface area (Å²) in [7, 11) is 3.36. The highest BCUT2D eigenvalue weighted by atomic mass is 16.2. The predicted octanol–water partition coefficient (Wildman–Crippen LogP) is 2.42. The molecule has 0 aliphatic heterocycles. The quantitative estimate of drug-likeness (QED) is 0.856. The summed E-state index contributed by atoms with van der Waals surface area (Å²) in [5.74, 6) is -0.0246. The zero-order chi connectivity index (χ0) is 17.4. The maximum absolute atomic E-state index is 11.9. The minimum absolute atomic E-state index is 0.0246. The van der Waals surface area contributed by atoms with Gasteiger partial charge in [0.2, 0.25) is 5.91 Å². The minimum Gasteiger partial charge on any atom is -0.352 e. The molecule has 0 saturated carbocycles. The second kappa shape index (κ2) is 8.67. The van der Waals surface area contributed by atoms with Crippen LogP contribution >= 0.6 is 0 Å². The lowest BCUT2D eigenvalue weighted by Crippen LogP contribution is -2.27. The number of amides is 3. The van der Waals surface area contributed by atoms with Crippen molar-refractivity contribution in [3.63, 3.8) is 0 Å². The number of urea groups is 1. The number of carbonyl (C=O) groups is 2. The average molecular weight is 326 g/mol. The molecule has 0 saturated heterocycles. The van der Waals surface area contributed by atoms with Crippen molar-refractivity contribution in [1.82, 2.24) is 15.2 Å². The van der Waals surface area contributed by atoms with Crippen LogP contribution in [0.2, 0.25) is 0 Å². The molecule has 1 aromatic heterocycles. The molecule has 6 nitrogen and oxygen atoms in total. The van der Waals surface area contributed by atoms with E-state index in [1.54, 1.807) is 20.3 Å². The third-order valence-electron chi connectivity index (χ3n) is 3.41. The number of hydrogen-bond donors (Lipinski definition) is 2. The van der Waals surface area contributed by atoms with Crippen LogP contribution in [0.1, 0.15) is 17.7 Å². The first kappa shape index (κ1) is 17.5. The van der Waals surface area contributed by atoms with Crippen LogP contribution in [0.3, 0.4) is 0 Å². The van der Waals surface area contributed by atoms with Crippen LogP contribution < -0.4 is 10.6 Å². The Hall–Kier alpha value is -2.89. The second-order valence-corrected chi connectivity index (χ2v) is 5.62. The van der Waals surface area contributed by atoms with Crippen LogP contribution in [0.4, 0.5) is 10.5 Å². The van der Waals surface area contributed by atoms with Gasteiger partial charge < -0.3 is 15.5 Å². The van der Waals surface area contributed by atoms with Crippen molar-refractivity contribution in [1.29, 1.82) is 0 Å². The first-order chi connectivity index (χ1) is 11.5. The van der Waals surface area contributed by atoms with Gasteiger partial charge in [-0.25, -0.2) is 4.79 Å². The molecule has 2 aromatic rings. The van der Waals surface area contributed by atoms with Crippen LogP contribution in [-0.2, 0) is 17.8 Å². The molecule has 3 amide bonds. The average Bonchev–Trinajstić information content (AvgIpc) is 2.59. The fourth-order valence-electron chi connectivity index (χ4n) is 2.07. The van der Waals surface area contributed by atoms with E-state index in [1.165, 1.54) is 4.90 Å². The molecule has 1 heterocycles. The Morgan fingerprint density at radius 3 is 2.67 bits per heavy atom. The number of aromatic nitrogens is 1. The normalized spacial score (nSPS) is 10.1. The molecule has 6 heteroatoms. The van der Waals surface area contributed by atoms with Gasteiger partial charge in [-0.05, 0) is 36.2 Å². The number of benzene rings is 1. The van der Waals surface area contributed by atoms with Crippen molar-refractivity contribution in [2.45, 2.75) is 19.4 Å². The minimum atomic E-state index is -0.188. The Morgan fingerprint density at radius 1 is 1.12 bits per heavy atom. The molecule has 24 heavy (non-hydrogen) atoms. The Labute approximate surface area is 141 Å². The number of anilines is 1. The number of carbonyl (C=O) groups excluding carboxylic acids is 2. The molecule has 0 spiro atoms. The van der Waals surface area contributed by atoms with Gasteiger partial charge in [0.25, 0.3) is 0 Å². The first-order valence-corrected chi connectivity index (χ1v) is 7.78. The number of hydrogen-bond acceptors (Lipinski definition) is 3. The van der Waals surface area contributed by atoms with Crippen LogP contribution in [0.5, 0.6) is 0 Å². The van der Waals surface area contributed by atoms with Crippen molar-refractivity contribution in [3.05, 3.63) is 59.9 Å². The largest absolute Gasteiger partial charge is 0.352 e. The van der Waals surface area contributed by atoms with Crippen LogP contribution in [-0.4, -0.2) is 35.9 Å². The zero-order valence-electron chi connectivity index (χ0n) is 14.0. The third-order valence-corrected chi connectivity index (χ3v) is 3.41. The highest BCUT2D eigenvalue weighted by Crippen LogP contribution is 2.11. The predicted molar refractivity (Wildman–Crippen MR) is 93.6 cm³/mol. The molecule has 1 aromatic carbocycles. The fraction of sp³-hybridized carbons (Fsp3) is 0.278. The molecular formula is C18H22N4O2. The van der Waals surface area contributed by atoms with Crippen molar-refractivity contribution >= 4 is 17.6 Å². The van der Waals surface area contributed by atoms with E-state index in [0.29, 0.717) is 25.1 Å². The van der Waals surface area contributed by atoms with Gasteiger partial charge in [0, 0.05) is 44.6 Å². The highest BCUT2D eigenvalue weighted by molar-refractivity contribution is 5.89. The van der Waals surface area contributed by atoms with Crippen LogP contribution in [0, 0.1) is 0 Å². The molecule has 0 bridgehead atoms. The number of nitrogens with one attached hydrogen (secondary N) is 2. The van der Waals surface area contributed by atoms with Crippen LogP contribution in [0.15, 0.2) is 48.7 Å². The smallest absolute Gasteiger partial charge is 0.321 e. The molecule has 126 valence electrons. The highest BCUT2D eigenvalue weighted by Gasteiger charge is 2.06. The summed E-state index contributed by atoms with van der Waals surface area (Å²) in [6.45, 7) is 0.423.